The Hall–Kier alpha value is -5.51. The van der Waals surface area contributed by atoms with Gasteiger partial charge in [-0.2, -0.15) is 5.10 Å². The third-order valence-electron chi connectivity index (χ3n) is 7.36. The van der Waals surface area contributed by atoms with Crippen molar-refractivity contribution in [3.8, 4) is 11.3 Å². The van der Waals surface area contributed by atoms with Crippen LogP contribution in [0.15, 0.2) is 97.8 Å². The van der Waals surface area contributed by atoms with Crippen LogP contribution in [0.25, 0.3) is 22.2 Å². The Morgan fingerprint density at radius 3 is 2.52 bits per heavy atom. The number of rotatable bonds is 7. The van der Waals surface area contributed by atoms with Gasteiger partial charge in [-0.15, -0.1) is 0 Å². The van der Waals surface area contributed by atoms with Crippen molar-refractivity contribution < 1.29 is 9.59 Å². The number of nitrogens with zero attached hydrogens (tertiary/aromatic N) is 5. The molecule has 1 atom stereocenters. The summed E-state index contributed by atoms with van der Waals surface area (Å²) in [6, 6.07) is 22.3. The zero-order valence-electron chi connectivity index (χ0n) is 22.9. The number of carbonyl (C=O) groups is 2. The first-order valence-electron chi connectivity index (χ1n) is 13.7. The fraction of sp³-hybridized carbons (Fsp3) is 0.156. The third-order valence-corrected chi connectivity index (χ3v) is 7.36. The standard InChI is InChI=1S/C32H30N8O2/c1-2-27(41)39-18-8-11-24(20-39)40-30-25(36-23-9-4-3-5-10-23)19-35-31(33)28(30)29(38-40)21-13-15-22(16-14-21)32(42)37-26-12-6-7-17-34-26/h2-7,9-10,12-17,19,24,36H,1,8,11,18,20H2,(H2,33,35)(H,34,37,42). The number of fused-ring (bicyclic) bond motifs is 1. The number of nitrogen functional groups attached to an aromatic ring is 1. The number of pyridine rings is 2. The minimum absolute atomic E-state index is 0.0829. The van der Waals surface area contributed by atoms with E-state index in [1.54, 1.807) is 41.6 Å². The second-order valence-electron chi connectivity index (χ2n) is 10.1. The van der Waals surface area contributed by atoms with Crippen LogP contribution in [0.2, 0.25) is 0 Å². The molecule has 0 spiro atoms. The van der Waals surface area contributed by atoms with Crippen molar-refractivity contribution in [2.45, 2.75) is 18.9 Å². The van der Waals surface area contributed by atoms with Crippen LogP contribution in [0, 0.1) is 0 Å². The molecule has 2 aromatic carbocycles. The maximum Gasteiger partial charge on any atom is 0.256 e. The molecule has 3 aromatic heterocycles. The average Bonchev–Trinajstić information content (AvgIpc) is 3.45. The topological polar surface area (TPSA) is 131 Å². The number of aromatic nitrogens is 4. The number of nitrogens with two attached hydrogens (primary N) is 1. The molecule has 10 nitrogen and oxygen atoms in total. The van der Waals surface area contributed by atoms with Crippen LogP contribution in [0.4, 0.5) is 23.0 Å². The van der Waals surface area contributed by atoms with Crippen molar-refractivity contribution in [2.75, 3.05) is 29.5 Å². The van der Waals surface area contributed by atoms with Crippen LogP contribution < -0.4 is 16.4 Å². The van der Waals surface area contributed by atoms with Crippen LogP contribution in [-0.4, -0.2) is 49.6 Å². The van der Waals surface area contributed by atoms with E-state index in [2.05, 4.69) is 27.2 Å². The molecule has 1 saturated heterocycles. The van der Waals surface area contributed by atoms with E-state index in [0.29, 0.717) is 41.4 Å². The summed E-state index contributed by atoms with van der Waals surface area (Å²) < 4.78 is 1.97. The van der Waals surface area contributed by atoms with Crippen molar-refractivity contribution in [2.24, 2.45) is 0 Å². The highest BCUT2D eigenvalue weighted by atomic mass is 16.2. The number of hydrogen-bond donors (Lipinski definition) is 3. The molecule has 42 heavy (non-hydrogen) atoms. The van der Waals surface area contributed by atoms with E-state index in [4.69, 9.17) is 10.8 Å². The number of benzene rings is 2. The van der Waals surface area contributed by atoms with Gasteiger partial charge in [-0.05, 0) is 55.3 Å². The van der Waals surface area contributed by atoms with Crippen molar-refractivity contribution in [1.29, 1.82) is 0 Å². The quantitative estimate of drug-likeness (QED) is 0.227. The lowest BCUT2D eigenvalue weighted by Crippen LogP contribution is -2.40. The van der Waals surface area contributed by atoms with Gasteiger partial charge in [0, 0.05) is 36.1 Å². The largest absolute Gasteiger partial charge is 0.383 e. The van der Waals surface area contributed by atoms with Gasteiger partial charge in [-0.3, -0.25) is 14.3 Å². The van der Waals surface area contributed by atoms with Crippen LogP contribution >= 0.6 is 0 Å². The summed E-state index contributed by atoms with van der Waals surface area (Å²) in [5.41, 5.74) is 10.9. The van der Waals surface area contributed by atoms with Gasteiger partial charge in [0.15, 0.2) is 0 Å². The Balaban J connectivity index is 1.42. The number of amides is 2. The molecule has 10 heteroatoms. The minimum Gasteiger partial charge on any atom is -0.383 e. The van der Waals surface area contributed by atoms with E-state index in [1.165, 1.54) is 6.08 Å². The van der Waals surface area contributed by atoms with Gasteiger partial charge in [-0.25, -0.2) is 9.97 Å². The van der Waals surface area contributed by atoms with Gasteiger partial charge in [0.1, 0.15) is 17.3 Å². The highest BCUT2D eigenvalue weighted by molar-refractivity contribution is 6.07. The lowest BCUT2D eigenvalue weighted by Gasteiger charge is -2.32. The predicted molar refractivity (Wildman–Crippen MR) is 164 cm³/mol. The third kappa shape index (κ3) is 5.29. The maximum absolute atomic E-state index is 12.8. The first-order valence-corrected chi connectivity index (χ1v) is 13.7. The minimum atomic E-state index is -0.264. The monoisotopic (exact) mass is 558 g/mol. The molecule has 1 fully saturated rings. The van der Waals surface area contributed by atoms with Crippen molar-refractivity contribution in [1.82, 2.24) is 24.6 Å². The van der Waals surface area contributed by atoms with E-state index >= 15 is 0 Å². The molecule has 4 heterocycles. The average molecular weight is 559 g/mol. The second-order valence-corrected chi connectivity index (χ2v) is 10.1. The fourth-order valence-corrected chi connectivity index (χ4v) is 5.32. The molecule has 1 unspecified atom stereocenters. The smallest absolute Gasteiger partial charge is 0.256 e. The number of para-hydroxylation sites is 1. The summed E-state index contributed by atoms with van der Waals surface area (Å²) >= 11 is 0. The number of hydrogen-bond acceptors (Lipinski definition) is 7. The SMILES string of the molecule is C=CC(=O)N1CCCC(n2nc(-c3ccc(C(=O)Nc4ccccn4)cc3)c3c(N)ncc(Nc4ccccc4)c32)C1. The molecule has 1 aliphatic rings. The number of nitrogens with one attached hydrogen (secondary N) is 2. The summed E-state index contributed by atoms with van der Waals surface area (Å²) in [6.45, 7) is 4.84. The van der Waals surface area contributed by atoms with Gasteiger partial charge in [0.25, 0.3) is 5.91 Å². The van der Waals surface area contributed by atoms with Gasteiger partial charge in [0.2, 0.25) is 5.91 Å². The molecule has 2 amide bonds. The van der Waals surface area contributed by atoms with Crippen LogP contribution in [0.3, 0.4) is 0 Å². The van der Waals surface area contributed by atoms with Gasteiger partial charge >= 0.3 is 0 Å². The zero-order valence-corrected chi connectivity index (χ0v) is 22.9. The van der Waals surface area contributed by atoms with E-state index in [0.717, 1.165) is 35.3 Å². The molecule has 0 radical (unpaired) electrons. The Morgan fingerprint density at radius 2 is 1.79 bits per heavy atom. The van der Waals surface area contributed by atoms with E-state index in [-0.39, 0.29) is 17.9 Å². The molecule has 6 rings (SSSR count). The van der Waals surface area contributed by atoms with Crippen LogP contribution in [0.1, 0.15) is 29.2 Å². The summed E-state index contributed by atoms with van der Waals surface area (Å²) in [7, 11) is 0. The Morgan fingerprint density at radius 1 is 1.00 bits per heavy atom. The Kier molecular flexibility index (Phi) is 7.33. The summed E-state index contributed by atoms with van der Waals surface area (Å²) in [5, 5.41) is 12.1. The summed E-state index contributed by atoms with van der Waals surface area (Å²) in [4.78, 5) is 35.8. The predicted octanol–water partition coefficient (Wildman–Crippen LogP) is 5.42. The molecule has 210 valence electrons. The molecular formula is C32H30N8O2. The van der Waals surface area contributed by atoms with Crippen molar-refractivity contribution >= 4 is 45.7 Å². The molecule has 0 saturated carbocycles. The summed E-state index contributed by atoms with van der Waals surface area (Å²) in [6.07, 6.45) is 6.37. The summed E-state index contributed by atoms with van der Waals surface area (Å²) in [5.74, 6) is 0.460. The van der Waals surface area contributed by atoms with Crippen LogP contribution in [0.5, 0.6) is 0 Å². The Bertz CT molecular complexity index is 1750. The molecule has 0 bridgehead atoms. The molecule has 0 aliphatic carbocycles. The molecule has 1 aliphatic heterocycles. The van der Waals surface area contributed by atoms with Gasteiger partial charge in [-0.1, -0.05) is 43.0 Å². The van der Waals surface area contributed by atoms with Crippen LogP contribution in [-0.2, 0) is 4.79 Å². The van der Waals surface area contributed by atoms with Gasteiger partial charge in [0.05, 0.1) is 28.8 Å². The molecular weight excluding hydrogens is 528 g/mol. The van der Waals surface area contributed by atoms with Gasteiger partial charge < -0.3 is 21.3 Å². The van der Waals surface area contributed by atoms with Crippen molar-refractivity contribution in [3.63, 3.8) is 0 Å². The first kappa shape index (κ1) is 26.7. The second kappa shape index (κ2) is 11.5. The normalized spacial score (nSPS) is 14.9. The number of piperidine rings is 1. The highest BCUT2D eigenvalue weighted by Gasteiger charge is 2.29. The lowest BCUT2D eigenvalue weighted by molar-refractivity contribution is -0.127. The first-order chi connectivity index (χ1) is 20.5. The van der Waals surface area contributed by atoms with Crippen molar-refractivity contribution in [3.05, 3.63) is 103 Å². The highest BCUT2D eigenvalue weighted by Crippen LogP contribution is 2.39. The Labute approximate surface area is 242 Å². The van der Waals surface area contributed by atoms with E-state index in [9.17, 15) is 9.59 Å². The molecule has 5 aromatic rings. The molecule has 4 N–H and O–H groups in total. The number of likely N-dealkylation sites (tertiary alicyclic amines) is 1. The lowest BCUT2D eigenvalue weighted by atomic mass is 10.0. The number of anilines is 4. The maximum atomic E-state index is 12.8. The van der Waals surface area contributed by atoms with E-state index in [1.807, 2.05) is 53.2 Å². The fourth-order valence-electron chi connectivity index (χ4n) is 5.32. The zero-order chi connectivity index (χ0) is 29.1. The number of carbonyl (C=O) groups excluding carboxylic acids is 2. The van der Waals surface area contributed by atoms with E-state index < -0.39 is 0 Å².